The van der Waals surface area contributed by atoms with Gasteiger partial charge in [-0.3, -0.25) is 19.3 Å². The van der Waals surface area contributed by atoms with Crippen LogP contribution in [-0.2, 0) is 23.9 Å². The molecule has 1 heterocycles. The van der Waals surface area contributed by atoms with Crippen molar-refractivity contribution in [1.29, 1.82) is 0 Å². The number of nitrogens with zero attached hydrogens (tertiary/aromatic N) is 1. The Bertz CT molecular complexity index is 704. The molecule has 0 aliphatic carbocycles. The van der Waals surface area contributed by atoms with Crippen LogP contribution in [0.25, 0.3) is 0 Å². The lowest BCUT2D eigenvalue weighted by Crippen LogP contribution is -2.57. The molecule has 0 saturated carbocycles. The van der Waals surface area contributed by atoms with Gasteiger partial charge in [-0.05, 0) is 31.2 Å². The molecule has 0 spiro atoms. The van der Waals surface area contributed by atoms with Gasteiger partial charge < -0.3 is 20.1 Å². The molecule has 0 bridgehead atoms. The first-order chi connectivity index (χ1) is 12.9. The number of esters is 2. The monoisotopic (exact) mass is 377 g/mol. The molecule has 1 aromatic carbocycles. The highest BCUT2D eigenvalue weighted by Crippen LogP contribution is 2.13. The Labute approximate surface area is 157 Å². The van der Waals surface area contributed by atoms with Gasteiger partial charge in [-0.2, -0.15) is 0 Å². The van der Waals surface area contributed by atoms with Gasteiger partial charge in [-0.15, -0.1) is 0 Å². The van der Waals surface area contributed by atoms with E-state index < -0.39 is 18.0 Å². The van der Waals surface area contributed by atoms with Gasteiger partial charge in [0.2, 0.25) is 11.8 Å². The largest absolute Gasteiger partial charge is 0.469 e. The molecule has 146 valence electrons. The van der Waals surface area contributed by atoms with E-state index >= 15 is 0 Å². The van der Waals surface area contributed by atoms with Crippen molar-refractivity contribution in [3.8, 4) is 0 Å². The van der Waals surface area contributed by atoms with E-state index in [-0.39, 0.29) is 31.4 Å². The number of hydrogen-bond acceptors (Lipinski definition) is 7. The molecule has 0 radical (unpaired) electrons. The number of hydrogen-bond donors (Lipinski definition) is 2. The van der Waals surface area contributed by atoms with Crippen LogP contribution < -0.4 is 10.6 Å². The predicted molar refractivity (Wildman–Crippen MR) is 96.0 cm³/mol. The molecular formula is C18H23N3O6. The van der Waals surface area contributed by atoms with E-state index in [4.69, 9.17) is 4.74 Å². The summed E-state index contributed by atoms with van der Waals surface area (Å²) in [6.45, 7) is 2.81. The maximum Gasteiger partial charge on any atom is 0.338 e. The highest BCUT2D eigenvalue weighted by atomic mass is 16.5. The summed E-state index contributed by atoms with van der Waals surface area (Å²) in [5, 5.41) is 5.39. The summed E-state index contributed by atoms with van der Waals surface area (Å²) in [6.07, 6.45) is -0.121. The smallest absolute Gasteiger partial charge is 0.338 e. The maximum atomic E-state index is 12.3. The van der Waals surface area contributed by atoms with Crippen molar-refractivity contribution in [2.24, 2.45) is 0 Å². The quantitative estimate of drug-likeness (QED) is 0.651. The Kier molecular flexibility index (Phi) is 7.30. The number of methoxy groups -OCH3 is 1. The minimum atomic E-state index is -0.747. The van der Waals surface area contributed by atoms with Crippen molar-refractivity contribution in [2.75, 3.05) is 38.7 Å². The normalized spacial score (nSPS) is 17.0. The number of rotatable bonds is 7. The fraction of sp³-hybridized carbons (Fsp3) is 0.444. The van der Waals surface area contributed by atoms with Gasteiger partial charge in [0.1, 0.15) is 6.04 Å². The molecule has 27 heavy (non-hydrogen) atoms. The van der Waals surface area contributed by atoms with Crippen LogP contribution in [-0.4, -0.2) is 68.0 Å². The standard InChI is InChI=1S/C18H23N3O6/c1-3-27-18(25)12-4-6-13(7-5-12)20-15(22)11-21-9-8-19-17(24)14(21)10-16(23)26-2/h4-7,14H,3,8-11H2,1-2H3,(H,19,24)(H,20,22)/t14-/m0/s1. The minimum absolute atomic E-state index is 0.0469. The van der Waals surface area contributed by atoms with Gasteiger partial charge in [-0.1, -0.05) is 0 Å². The Balaban J connectivity index is 1.96. The topological polar surface area (TPSA) is 114 Å². The molecule has 1 aliphatic heterocycles. The van der Waals surface area contributed by atoms with Crippen molar-refractivity contribution >= 4 is 29.4 Å². The number of amides is 2. The molecular weight excluding hydrogens is 354 g/mol. The molecule has 1 saturated heterocycles. The summed E-state index contributed by atoms with van der Waals surface area (Å²) in [7, 11) is 1.25. The summed E-state index contributed by atoms with van der Waals surface area (Å²) in [5.74, 6) is -1.58. The van der Waals surface area contributed by atoms with Crippen LogP contribution in [0, 0.1) is 0 Å². The first-order valence-electron chi connectivity index (χ1n) is 8.60. The third-order valence-corrected chi connectivity index (χ3v) is 4.06. The molecule has 9 heteroatoms. The van der Waals surface area contributed by atoms with Gasteiger partial charge in [0.05, 0.1) is 32.2 Å². The number of ether oxygens (including phenoxy) is 2. The molecule has 1 aliphatic rings. The van der Waals surface area contributed by atoms with E-state index in [0.29, 0.717) is 24.3 Å². The molecule has 0 unspecified atom stereocenters. The van der Waals surface area contributed by atoms with Crippen molar-refractivity contribution in [3.05, 3.63) is 29.8 Å². The molecule has 1 atom stereocenters. The van der Waals surface area contributed by atoms with E-state index in [0.717, 1.165) is 0 Å². The zero-order valence-electron chi connectivity index (χ0n) is 15.3. The number of carbonyl (C=O) groups excluding carboxylic acids is 4. The van der Waals surface area contributed by atoms with Crippen molar-refractivity contribution in [3.63, 3.8) is 0 Å². The fourth-order valence-corrected chi connectivity index (χ4v) is 2.70. The Morgan fingerprint density at radius 2 is 1.96 bits per heavy atom. The predicted octanol–water partition coefficient (Wildman–Crippen LogP) is 0.165. The second-order valence-electron chi connectivity index (χ2n) is 5.90. The molecule has 2 rings (SSSR count). The summed E-state index contributed by atoms with van der Waals surface area (Å²) >= 11 is 0. The molecule has 2 amide bonds. The van der Waals surface area contributed by atoms with E-state index in [9.17, 15) is 19.2 Å². The van der Waals surface area contributed by atoms with Crippen LogP contribution in [0.3, 0.4) is 0 Å². The Morgan fingerprint density at radius 3 is 2.59 bits per heavy atom. The van der Waals surface area contributed by atoms with Gasteiger partial charge >= 0.3 is 11.9 Å². The lowest BCUT2D eigenvalue weighted by molar-refractivity contribution is -0.146. The van der Waals surface area contributed by atoms with Gasteiger partial charge in [0.25, 0.3) is 0 Å². The molecule has 2 N–H and O–H groups in total. The van der Waals surface area contributed by atoms with Crippen LogP contribution in [0.2, 0.25) is 0 Å². The van der Waals surface area contributed by atoms with Crippen LogP contribution in [0.5, 0.6) is 0 Å². The summed E-state index contributed by atoms with van der Waals surface area (Å²) < 4.78 is 9.52. The highest BCUT2D eigenvalue weighted by molar-refractivity contribution is 5.95. The van der Waals surface area contributed by atoms with Crippen LogP contribution in [0.1, 0.15) is 23.7 Å². The van der Waals surface area contributed by atoms with Crippen LogP contribution >= 0.6 is 0 Å². The zero-order valence-corrected chi connectivity index (χ0v) is 15.3. The zero-order chi connectivity index (χ0) is 19.8. The van der Waals surface area contributed by atoms with Crippen LogP contribution in [0.4, 0.5) is 5.69 Å². The second kappa shape index (κ2) is 9.67. The summed E-state index contributed by atoms with van der Waals surface area (Å²) in [4.78, 5) is 49.1. The average Bonchev–Trinajstić information content (AvgIpc) is 2.65. The number of carbonyl (C=O) groups is 4. The lowest BCUT2D eigenvalue weighted by atomic mass is 10.1. The third kappa shape index (κ3) is 5.78. The molecule has 0 aromatic heterocycles. The number of nitrogens with one attached hydrogen (secondary N) is 2. The van der Waals surface area contributed by atoms with E-state index in [2.05, 4.69) is 15.4 Å². The number of anilines is 1. The van der Waals surface area contributed by atoms with Crippen LogP contribution in [0.15, 0.2) is 24.3 Å². The lowest BCUT2D eigenvalue weighted by Gasteiger charge is -2.33. The first-order valence-corrected chi connectivity index (χ1v) is 8.60. The summed E-state index contributed by atoms with van der Waals surface area (Å²) in [6, 6.07) is 5.56. The van der Waals surface area contributed by atoms with Crippen molar-refractivity contribution in [1.82, 2.24) is 10.2 Å². The van der Waals surface area contributed by atoms with E-state index in [1.807, 2.05) is 0 Å². The maximum absolute atomic E-state index is 12.3. The van der Waals surface area contributed by atoms with Gasteiger partial charge in [0.15, 0.2) is 0 Å². The number of benzene rings is 1. The van der Waals surface area contributed by atoms with Gasteiger partial charge in [-0.25, -0.2) is 4.79 Å². The average molecular weight is 377 g/mol. The third-order valence-electron chi connectivity index (χ3n) is 4.06. The SMILES string of the molecule is CCOC(=O)c1ccc(NC(=O)CN2CCNC(=O)[C@@H]2CC(=O)OC)cc1. The first kappa shape index (κ1) is 20.4. The summed E-state index contributed by atoms with van der Waals surface area (Å²) in [5.41, 5.74) is 0.903. The Morgan fingerprint density at radius 1 is 1.26 bits per heavy atom. The second-order valence-corrected chi connectivity index (χ2v) is 5.90. The molecule has 9 nitrogen and oxygen atoms in total. The molecule has 1 fully saturated rings. The highest BCUT2D eigenvalue weighted by Gasteiger charge is 2.33. The van der Waals surface area contributed by atoms with Crippen molar-refractivity contribution < 1.29 is 28.7 Å². The van der Waals surface area contributed by atoms with Gasteiger partial charge in [0, 0.05) is 18.8 Å². The Hall–Kier alpha value is -2.94. The minimum Gasteiger partial charge on any atom is -0.469 e. The fourth-order valence-electron chi connectivity index (χ4n) is 2.70. The number of piperazine rings is 1. The molecule has 1 aromatic rings. The van der Waals surface area contributed by atoms with Crippen molar-refractivity contribution in [2.45, 2.75) is 19.4 Å². The van der Waals surface area contributed by atoms with E-state index in [1.54, 1.807) is 36.1 Å². The van der Waals surface area contributed by atoms with E-state index in [1.165, 1.54) is 7.11 Å².